The highest BCUT2D eigenvalue weighted by molar-refractivity contribution is 14.1. The van der Waals surface area contributed by atoms with Gasteiger partial charge in [-0.25, -0.2) is 4.79 Å². The minimum Gasteiger partial charge on any atom is -0.481 e. The Balaban J connectivity index is 4.25. The molecule has 0 saturated carbocycles. The normalized spacial score (nSPS) is 15.5. The number of hydrogen-bond donors (Lipinski definition) is 2. The molecule has 0 radical (unpaired) electrons. The van der Waals surface area contributed by atoms with Crippen molar-refractivity contribution < 1.29 is 22.9 Å². The summed E-state index contributed by atoms with van der Waals surface area (Å²) >= 11 is 1.37. The predicted octanol–water partition coefficient (Wildman–Crippen LogP) is 0.527. The molecule has 0 aromatic carbocycles. The summed E-state index contributed by atoms with van der Waals surface area (Å²) in [6.07, 6.45) is -1.28. The Hall–Kier alpha value is -0.370. The highest BCUT2D eigenvalue weighted by atomic mass is 127. The molecule has 6 heteroatoms. The van der Waals surface area contributed by atoms with Gasteiger partial charge < -0.3 is 10.2 Å². The number of carbonyl (C=O) groups is 2. The minimum atomic E-state index is -1.28. The lowest BCUT2D eigenvalue weighted by Crippen LogP contribution is -2.33. The molecule has 0 aliphatic carbocycles. The van der Waals surface area contributed by atoms with E-state index in [1.165, 1.54) is 29.9 Å². The zero-order chi connectivity index (χ0) is 9.02. The largest absolute Gasteiger partial charge is 0.481 e. The van der Waals surface area contributed by atoms with Crippen molar-refractivity contribution in [1.82, 2.24) is 0 Å². The van der Waals surface area contributed by atoms with Gasteiger partial charge in [-0.05, 0) is 6.92 Å². The molecule has 0 bridgehead atoms. The van der Waals surface area contributed by atoms with Crippen LogP contribution >= 0.6 is 23.0 Å². The predicted molar refractivity (Wildman–Crippen MR) is 43.3 cm³/mol. The van der Waals surface area contributed by atoms with Crippen molar-refractivity contribution in [2.24, 2.45) is 5.92 Å². The summed E-state index contributed by atoms with van der Waals surface area (Å²) in [6, 6.07) is 0. The van der Waals surface area contributed by atoms with E-state index >= 15 is 0 Å². The number of carboxylic acids is 2. The fourth-order valence-corrected chi connectivity index (χ4v) is 1.12. The maximum atomic E-state index is 10.3. The van der Waals surface area contributed by atoms with Gasteiger partial charge in [0, 0.05) is 0 Å². The van der Waals surface area contributed by atoms with E-state index in [0.29, 0.717) is 0 Å². The first-order valence-corrected chi connectivity index (χ1v) is 3.61. The van der Waals surface area contributed by atoms with Crippen molar-refractivity contribution in [1.29, 1.82) is 0 Å². The van der Waals surface area contributed by atoms with E-state index < -0.39 is 24.0 Å². The summed E-state index contributed by atoms with van der Waals surface area (Å²) in [7, 11) is 0. The first-order chi connectivity index (χ1) is 5.00. The Bertz CT molecular complexity index is 168. The number of hydrogen-bond acceptors (Lipinski definition) is 3. The van der Waals surface area contributed by atoms with Crippen LogP contribution in [-0.4, -0.2) is 28.3 Å². The topological polar surface area (TPSA) is 83.8 Å². The van der Waals surface area contributed by atoms with Gasteiger partial charge in [0.2, 0.25) is 0 Å². The van der Waals surface area contributed by atoms with Crippen molar-refractivity contribution in [3.05, 3.63) is 0 Å². The first-order valence-electron chi connectivity index (χ1n) is 2.73. The number of carboxylic acid groups (broad SMARTS) is 2. The molecule has 5 nitrogen and oxygen atoms in total. The van der Waals surface area contributed by atoms with Gasteiger partial charge in [0.05, 0.1) is 5.92 Å². The Kier molecular flexibility index (Phi) is 4.34. The third-order valence-corrected chi connectivity index (χ3v) is 1.73. The average Bonchev–Trinajstić information content (AvgIpc) is 1.88. The molecule has 2 unspecified atom stereocenters. The molecule has 0 aliphatic rings. The molecule has 0 heterocycles. The molecule has 11 heavy (non-hydrogen) atoms. The molecular formula is C5H7IO5. The van der Waals surface area contributed by atoms with Gasteiger partial charge in [-0.1, -0.05) is 0 Å². The van der Waals surface area contributed by atoms with Crippen LogP contribution in [0.4, 0.5) is 0 Å². The van der Waals surface area contributed by atoms with Gasteiger partial charge in [-0.3, -0.25) is 7.86 Å². The van der Waals surface area contributed by atoms with E-state index in [-0.39, 0.29) is 0 Å². The van der Waals surface area contributed by atoms with Crippen molar-refractivity contribution in [3.63, 3.8) is 0 Å². The maximum Gasteiger partial charge on any atom is 0.334 e. The maximum absolute atomic E-state index is 10.3. The molecule has 0 aliphatic heterocycles. The second-order valence-corrected chi connectivity index (χ2v) is 2.48. The number of rotatable bonds is 4. The molecule has 0 rings (SSSR count). The van der Waals surface area contributed by atoms with E-state index in [0.717, 1.165) is 0 Å². The molecule has 0 fully saturated rings. The Morgan fingerprint density at radius 1 is 1.36 bits per heavy atom. The molecule has 2 N–H and O–H groups in total. The van der Waals surface area contributed by atoms with E-state index in [4.69, 9.17) is 10.2 Å². The van der Waals surface area contributed by atoms with Crippen molar-refractivity contribution >= 4 is 34.9 Å². The second kappa shape index (κ2) is 4.50. The van der Waals surface area contributed by atoms with Crippen LogP contribution in [0.2, 0.25) is 0 Å². The lowest BCUT2D eigenvalue weighted by molar-refractivity contribution is -0.155. The summed E-state index contributed by atoms with van der Waals surface area (Å²) in [4.78, 5) is 20.5. The van der Waals surface area contributed by atoms with Gasteiger partial charge in [0.15, 0.2) is 6.10 Å². The standard InChI is InChI=1S/C5H7IO5/c1-2(4(7)8)3(11-6)5(9)10/h2-3H,1H3,(H,7,8)(H,9,10). The zero-order valence-electron chi connectivity index (χ0n) is 5.65. The lowest BCUT2D eigenvalue weighted by Gasteiger charge is -2.11. The minimum absolute atomic E-state index is 1.04. The summed E-state index contributed by atoms with van der Waals surface area (Å²) < 4.78 is 4.42. The molecule has 64 valence electrons. The van der Waals surface area contributed by atoms with Gasteiger partial charge in [-0.2, -0.15) is 0 Å². The number of aliphatic carboxylic acids is 2. The summed E-state index contributed by atoms with van der Waals surface area (Å²) in [6.45, 7) is 1.28. The van der Waals surface area contributed by atoms with Gasteiger partial charge in [-0.15, -0.1) is 0 Å². The molecule has 0 amide bonds. The highest BCUT2D eigenvalue weighted by Crippen LogP contribution is 2.11. The van der Waals surface area contributed by atoms with Crippen LogP contribution < -0.4 is 0 Å². The molecule has 0 aromatic heterocycles. The zero-order valence-corrected chi connectivity index (χ0v) is 7.81. The Labute approximate surface area is 77.0 Å². The van der Waals surface area contributed by atoms with Gasteiger partial charge >= 0.3 is 11.9 Å². The summed E-state index contributed by atoms with van der Waals surface area (Å²) in [5.41, 5.74) is 0. The average molecular weight is 274 g/mol. The van der Waals surface area contributed by atoms with Gasteiger partial charge in [0.25, 0.3) is 0 Å². The van der Waals surface area contributed by atoms with E-state index in [1.807, 2.05) is 0 Å². The third-order valence-electron chi connectivity index (χ3n) is 1.18. The molecule has 2 atom stereocenters. The summed E-state index contributed by atoms with van der Waals surface area (Å²) in [5, 5.41) is 16.8. The lowest BCUT2D eigenvalue weighted by atomic mass is 10.1. The Morgan fingerprint density at radius 3 is 1.91 bits per heavy atom. The van der Waals surface area contributed by atoms with Crippen LogP contribution in [0.15, 0.2) is 0 Å². The molecule has 0 saturated heterocycles. The highest BCUT2D eigenvalue weighted by Gasteiger charge is 2.30. The van der Waals surface area contributed by atoms with Crippen LogP contribution in [0.25, 0.3) is 0 Å². The van der Waals surface area contributed by atoms with Gasteiger partial charge in [0.1, 0.15) is 23.0 Å². The van der Waals surface area contributed by atoms with E-state index in [1.54, 1.807) is 0 Å². The summed E-state index contributed by atoms with van der Waals surface area (Å²) in [5.74, 6) is -3.49. The van der Waals surface area contributed by atoms with E-state index in [2.05, 4.69) is 3.07 Å². The smallest absolute Gasteiger partial charge is 0.334 e. The second-order valence-electron chi connectivity index (χ2n) is 1.97. The van der Waals surface area contributed by atoms with Crippen molar-refractivity contribution in [2.75, 3.05) is 0 Å². The quantitative estimate of drug-likeness (QED) is 0.730. The molecule has 0 aromatic rings. The van der Waals surface area contributed by atoms with Crippen LogP contribution in [0.1, 0.15) is 6.92 Å². The molecular weight excluding hydrogens is 267 g/mol. The van der Waals surface area contributed by atoms with Crippen LogP contribution in [0.3, 0.4) is 0 Å². The van der Waals surface area contributed by atoms with Crippen LogP contribution in [0.5, 0.6) is 0 Å². The fraction of sp³-hybridized carbons (Fsp3) is 0.600. The van der Waals surface area contributed by atoms with Crippen molar-refractivity contribution in [3.8, 4) is 0 Å². The van der Waals surface area contributed by atoms with E-state index in [9.17, 15) is 9.59 Å². The van der Waals surface area contributed by atoms with Crippen molar-refractivity contribution in [2.45, 2.75) is 13.0 Å². The monoisotopic (exact) mass is 274 g/mol. The Morgan fingerprint density at radius 2 is 1.82 bits per heavy atom. The third kappa shape index (κ3) is 3.02. The number of halogens is 1. The molecule has 0 spiro atoms. The fourth-order valence-electron chi connectivity index (χ4n) is 0.459. The van der Waals surface area contributed by atoms with Crippen LogP contribution in [-0.2, 0) is 12.7 Å². The van der Waals surface area contributed by atoms with Crippen LogP contribution in [0, 0.1) is 5.92 Å². The first kappa shape index (κ1) is 10.6. The SMILES string of the molecule is CC(C(=O)O)C(OI)C(=O)O.